The zero-order valence-electron chi connectivity index (χ0n) is 12.9. The third-order valence-electron chi connectivity index (χ3n) is 3.84. The molecule has 1 unspecified atom stereocenters. The molecule has 1 fully saturated rings. The highest BCUT2D eigenvalue weighted by atomic mass is 32.2. The maximum Gasteiger partial charge on any atom is 0.247 e. The molecule has 2 rings (SSSR count). The van der Waals surface area contributed by atoms with Crippen LogP contribution in [0.15, 0.2) is 6.20 Å². The number of sulfone groups is 1. The lowest BCUT2D eigenvalue weighted by molar-refractivity contribution is 0.600. The zero-order valence-corrected chi connectivity index (χ0v) is 13.7. The highest BCUT2D eigenvalue weighted by molar-refractivity contribution is 7.91. The van der Waals surface area contributed by atoms with Crippen LogP contribution in [0.4, 0.5) is 11.8 Å². The highest BCUT2D eigenvalue weighted by Crippen LogP contribution is 2.21. The molecular weight excluding hydrogens is 290 g/mol. The second kappa shape index (κ2) is 6.55. The molecule has 0 saturated carbocycles. The fraction of sp³-hybridized carbons (Fsp3) is 0.769. The zero-order chi connectivity index (χ0) is 15.5. The van der Waals surface area contributed by atoms with Gasteiger partial charge in [0.1, 0.15) is 0 Å². The molecule has 0 amide bonds. The van der Waals surface area contributed by atoms with Crippen molar-refractivity contribution in [3.8, 4) is 0 Å². The molecule has 1 atom stereocenters. The van der Waals surface area contributed by atoms with Gasteiger partial charge in [-0.05, 0) is 12.8 Å². The minimum atomic E-state index is -2.91. The van der Waals surface area contributed by atoms with Gasteiger partial charge in [-0.2, -0.15) is 10.1 Å². The van der Waals surface area contributed by atoms with E-state index in [0.717, 1.165) is 25.2 Å². The summed E-state index contributed by atoms with van der Waals surface area (Å²) < 4.78 is 23.2. The molecule has 0 bridgehead atoms. The van der Waals surface area contributed by atoms with E-state index in [1.54, 1.807) is 6.20 Å². The molecule has 1 saturated heterocycles. The topological polar surface area (TPSA) is 79.3 Å². The molecule has 0 radical (unpaired) electrons. The smallest absolute Gasteiger partial charge is 0.247 e. The molecule has 0 aliphatic carbocycles. The van der Waals surface area contributed by atoms with Gasteiger partial charge in [-0.15, -0.1) is 5.10 Å². The van der Waals surface area contributed by atoms with E-state index in [0.29, 0.717) is 12.4 Å². The predicted molar refractivity (Wildman–Crippen MR) is 83.5 cm³/mol. The Morgan fingerprint density at radius 1 is 1.38 bits per heavy atom. The van der Waals surface area contributed by atoms with Gasteiger partial charge in [0, 0.05) is 26.7 Å². The SMILES string of the molecule is CCCCN(C)c1cnnc(N(C)C2CCS(=O)(=O)C2)n1. The lowest BCUT2D eigenvalue weighted by Crippen LogP contribution is -2.34. The largest absolute Gasteiger partial charge is 0.358 e. The van der Waals surface area contributed by atoms with Crippen molar-refractivity contribution in [2.75, 3.05) is 41.9 Å². The lowest BCUT2D eigenvalue weighted by atomic mass is 10.2. The number of rotatable bonds is 6. The minimum absolute atomic E-state index is 0.0620. The van der Waals surface area contributed by atoms with Crippen LogP contribution in [0.25, 0.3) is 0 Å². The summed E-state index contributed by atoms with van der Waals surface area (Å²) in [7, 11) is 0.892. The van der Waals surface area contributed by atoms with E-state index in [4.69, 9.17) is 0 Å². The van der Waals surface area contributed by atoms with Crippen molar-refractivity contribution in [2.24, 2.45) is 0 Å². The monoisotopic (exact) mass is 313 g/mol. The molecular formula is C13H23N5O2S. The van der Waals surface area contributed by atoms with E-state index < -0.39 is 9.84 Å². The van der Waals surface area contributed by atoms with Gasteiger partial charge in [0.2, 0.25) is 5.95 Å². The van der Waals surface area contributed by atoms with Crippen molar-refractivity contribution < 1.29 is 8.42 Å². The van der Waals surface area contributed by atoms with Crippen LogP contribution in [0.1, 0.15) is 26.2 Å². The normalized spacial score (nSPS) is 20.4. The van der Waals surface area contributed by atoms with E-state index >= 15 is 0 Å². The van der Waals surface area contributed by atoms with E-state index in [1.165, 1.54) is 0 Å². The summed E-state index contributed by atoms with van der Waals surface area (Å²) in [4.78, 5) is 8.37. The second-order valence-electron chi connectivity index (χ2n) is 5.56. The van der Waals surface area contributed by atoms with Crippen molar-refractivity contribution in [2.45, 2.75) is 32.2 Å². The third kappa shape index (κ3) is 4.03. The second-order valence-corrected chi connectivity index (χ2v) is 7.79. The molecule has 7 nitrogen and oxygen atoms in total. The van der Waals surface area contributed by atoms with Crippen LogP contribution in [0, 0.1) is 0 Å². The Labute approximate surface area is 126 Å². The van der Waals surface area contributed by atoms with Gasteiger partial charge in [-0.25, -0.2) is 8.42 Å². The number of aromatic nitrogens is 3. The first-order valence-corrected chi connectivity index (χ1v) is 9.09. The number of hydrogen-bond donors (Lipinski definition) is 0. The van der Waals surface area contributed by atoms with E-state index in [-0.39, 0.29) is 17.5 Å². The summed E-state index contributed by atoms with van der Waals surface area (Å²) in [5.41, 5.74) is 0. The Kier molecular flexibility index (Phi) is 4.97. The summed E-state index contributed by atoms with van der Waals surface area (Å²) in [6, 6.07) is -0.0620. The van der Waals surface area contributed by atoms with Crippen molar-refractivity contribution >= 4 is 21.6 Å². The number of unbranched alkanes of at least 4 members (excludes halogenated alkanes) is 1. The molecule has 2 heterocycles. The van der Waals surface area contributed by atoms with Crippen molar-refractivity contribution in [1.29, 1.82) is 0 Å². The highest BCUT2D eigenvalue weighted by Gasteiger charge is 2.32. The van der Waals surface area contributed by atoms with Gasteiger partial charge in [0.05, 0.1) is 17.7 Å². The Balaban J connectivity index is 2.10. The molecule has 0 N–H and O–H groups in total. The quantitative estimate of drug-likeness (QED) is 0.766. The number of hydrogen-bond acceptors (Lipinski definition) is 7. The van der Waals surface area contributed by atoms with Crippen LogP contribution in [-0.4, -0.2) is 61.8 Å². The van der Waals surface area contributed by atoms with E-state index in [2.05, 4.69) is 22.1 Å². The summed E-state index contributed by atoms with van der Waals surface area (Å²) >= 11 is 0. The maximum atomic E-state index is 11.6. The fourth-order valence-corrected chi connectivity index (χ4v) is 4.15. The first-order chi connectivity index (χ1) is 9.93. The number of anilines is 2. The molecule has 1 aromatic heterocycles. The molecule has 1 aliphatic rings. The van der Waals surface area contributed by atoms with Gasteiger partial charge < -0.3 is 9.80 Å². The summed E-state index contributed by atoms with van der Waals surface area (Å²) in [5, 5.41) is 8.03. The lowest BCUT2D eigenvalue weighted by Gasteiger charge is -2.24. The van der Waals surface area contributed by atoms with Crippen LogP contribution < -0.4 is 9.80 Å². The minimum Gasteiger partial charge on any atom is -0.358 e. The Bertz CT molecular complexity index is 578. The predicted octanol–water partition coefficient (Wildman–Crippen LogP) is 0.731. The van der Waals surface area contributed by atoms with Crippen molar-refractivity contribution in [3.05, 3.63) is 6.20 Å². The van der Waals surface area contributed by atoms with Gasteiger partial charge in [-0.3, -0.25) is 0 Å². The molecule has 21 heavy (non-hydrogen) atoms. The third-order valence-corrected chi connectivity index (χ3v) is 5.60. The van der Waals surface area contributed by atoms with Gasteiger partial charge in [0.25, 0.3) is 0 Å². The molecule has 0 spiro atoms. The molecule has 8 heteroatoms. The molecule has 118 valence electrons. The summed E-state index contributed by atoms with van der Waals surface area (Å²) in [5.74, 6) is 1.66. The van der Waals surface area contributed by atoms with Crippen molar-refractivity contribution in [1.82, 2.24) is 15.2 Å². The van der Waals surface area contributed by atoms with Crippen LogP contribution >= 0.6 is 0 Å². The van der Waals surface area contributed by atoms with Gasteiger partial charge >= 0.3 is 0 Å². The molecule has 1 aliphatic heterocycles. The van der Waals surface area contributed by atoms with Crippen LogP contribution in [0.3, 0.4) is 0 Å². The Morgan fingerprint density at radius 2 is 2.14 bits per heavy atom. The van der Waals surface area contributed by atoms with Gasteiger partial charge in [0.15, 0.2) is 15.7 Å². The van der Waals surface area contributed by atoms with Crippen LogP contribution in [0.2, 0.25) is 0 Å². The maximum absolute atomic E-state index is 11.6. The fourth-order valence-electron chi connectivity index (χ4n) is 2.37. The Morgan fingerprint density at radius 3 is 2.76 bits per heavy atom. The van der Waals surface area contributed by atoms with E-state index in [1.807, 2.05) is 23.9 Å². The van der Waals surface area contributed by atoms with Crippen LogP contribution in [-0.2, 0) is 9.84 Å². The average molecular weight is 313 g/mol. The number of nitrogens with zero attached hydrogens (tertiary/aromatic N) is 5. The summed E-state index contributed by atoms with van der Waals surface area (Å²) in [6.45, 7) is 3.06. The average Bonchev–Trinajstić information content (AvgIpc) is 2.84. The summed E-state index contributed by atoms with van der Waals surface area (Å²) in [6.07, 6.45) is 4.47. The first kappa shape index (κ1) is 15.9. The van der Waals surface area contributed by atoms with Crippen molar-refractivity contribution in [3.63, 3.8) is 0 Å². The first-order valence-electron chi connectivity index (χ1n) is 7.27. The molecule has 1 aromatic rings. The molecule has 0 aromatic carbocycles. The standard InChI is InChI=1S/C13H23N5O2S/c1-4-5-7-17(2)12-9-14-16-13(15-12)18(3)11-6-8-21(19,20)10-11/h9,11H,4-8,10H2,1-3H3. The Hall–Kier alpha value is -1.44. The van der Waals surface area contributed by atoms with E-state index in [9.17, 15) is 8.42 Å². The van der Waals surface area contributed by atoms with Gasteiger partial charge in [-0.1, -0.05) is 13.3 Å². The van der Waals surface area contributed by atoms with Crippen LogP contribution in [0.5, 0.6) is 0 Å².